The first kappa shape index (κ1) is 19.3. The van der Waals surface area contributed by atoms with E-state index in [1.165, 1.54) is 0 Å². The normalized spacial score (nSPS) is 14.1. The number of hydrogen-bond acceptors (Lipinski definition) is 6. The Morgan fingerprint density at radius 1 is 1.07 bits per heavy atom. The van der Waals surface area contributed by atoms with Gasteiger partial charge in [-0.25, -0.2) is 4.98 Å². The van der Waals surface area contributed by atoms with Crippen molar-refractivity contribution in [3.05, 3.63) is 54.2 Å². The summed E-state index contributed by atoms with van der Waals surface area (Å²) in [6, 6.07) is 17.3. The van der Waals surface area contributed by atoms with Crippen molar-refractivity contribution >= 4 is 17.4 Å². The number of pyridine rings is 1. The summed E-state index contributed by atoms with van der Waals surface area (Å²) >= 11 is 0. The van der Waals surface area contributed by atoms with Gasteiger partial charge in [-0.15, -0.1) is 0 Å². The second-order valence-corrected chi connectivity index (χ2v) is 6.54. The third kappa shape index (κ3) is 4.64. The minimum atomic E-state index is -0.00884. The fraction of sp³-hybridized carbons (Fsp3) is 0.333. The lowest BCUT2D eigenvalue weighted by molar-refractivity contribution is -0.119. The van der Waals surface area contributed by atoms with E-state index < -0.39 is 0 Å². The maximum Gasteiger partial charge on any atom is 0.241 e. The highest BCUT2D eigenvalue weighted by Crippen LogP contribution is 2.19. The van der Waals surface area contributed by atoms with E-state index in [1.54, 1.807) is 23.2 Å². The molecule has 0 aliphatic carbocycles. The van der Waals surface area contributed by atoms with E-state index in [-0.39, 0.29) is 5.91 Å². The van der Waals surface area contributed by atoms with Crippen LogP contribution in [-0.2, 0) is 4.79 Å². The van der Waals surface area contributed by atoms with Crippen LogP contribution in [0.15, 0.2) is 48.7 Å². The first-order valence-electron chi connectivity index (χ1n) is 9.27. The van der Waals surface area contributed by atoms with E-state index in [1.807, 2.05) is 30.3 Å². The Bertz CT molecular complexity index is 878. The first-order valence-corrected chi connectivity index (χ1v) is 9.27. The van der Waals surface area contributed by atoms with Crippen molar-refractivity contribution in [2.75, 3.05) is 49.1 Å². The number of benzene rings is 1. The van der Waals surface area contributed by atoms with Gasteiger partial charge in [0.1, 0.15) is 11.9 Å². The van der Waals surface area contributed by atoms with Gasteiger partial charge in [-0.05, 0) is 24.3 Å². The lowest BCUT2D eigenvalue weighted by Crippen LogP contribution is -2.50. The van der Waals surface area contributed by atoms with Gasteiger partial charge >= 0.3 is 0 Å². The molecule has 0 spiro atoms. The van der Waals surface area contributed by atoms with Gasteiger partial charge in [0.2, 0.25) is 5.91 Å². The molecule has 0 N–H and O–H groups in total. The monoisotopic (exact) mass is 374 g/mol. The zero-order chi connectivity index (χ0) is 19.8. The molecule has 0 atom stereocenters. The summed E-state index contributed by atoms with van der Waals surface area (Å²) in [4.78, 5) is 23.1. The number of nitrogens with zero attached hydrogens (tertiary/aromatic N) is 6. The summed E-state index contributed by atoms with van der Waals surface area (Å²) in [6.45, 7) is 3.55. The highest BCUT2D eigenvalue weighted by molar-refractivity contribution is 5.94. The van der Waals surface area contributed by atoms with Crippen LogP contribution in [0.4, 0.5) is 11.5 Å². The molecule has 2 aromatic rings. The van der Waals surface area contributed by atoms with Crippen molar-refractivity contribution in [3.8, 4) is 12.1 Å². The Hall–Kier alpha value is -3.42. The van der Waals surface area contributed by atoms with Gasteiger partial charge in [-0.2, -0.15) is 10.5 Å². The third-order valence-electron chi connectivity index (χ3n) is 4.75. The zero-order valence-corrected chi connectivity index (χ0v) is 15.7. The van der Waals surface area contributed by atoms with E-state index in [0.717, 1.165) is 5.69 Å². The lowest BCUT2D eigenvalue weighted by atomic mass is 10.2. The number of piperazine rings is 1. The molecule has 2 heterocycles. The quantitative estimate of drug-likeness (QED) is 0.769. The predicted molar refractivity (Wildman–Crippen MR) is 107 cm³/mol. The topological polar surface area (TPSA) is 87.3 Å². The molecule has 142 valence electrons. The number of hydrogen-bond donors (Lipinski definition) is 0. The molecule has 1 fully saturated rings. The maximum absolute atomic E-state index is 12.9. The molecule has 0 unspecified atom stereocenters. The van der Waals surface area contributed by atoms with Gasteiger partial charge in [-0.1, -0.05) is 18.2 Å². The number of carbonyl (C=O) groups is 1. The number of anilines is 2. The second kappa shape index (κ2) is 9.50. The Balaban J connectivity index is 1.61. The largest absolute Gasteiger partial charge is 0.353 e. The van der Waals surface area contributed by atoms with E-state index in [4.69, 9.17) is 5.26 Å². The first-order chi connectivity index (χ1) is 13.7. The van der Waals surface area contributed by atoms with Crippen molar-refractivity contribution in [1.82, 2.24) is 9.88 Å². The molecule has 7 nitrogen and oxygen atoms in total. The number of para-hydroxylation sites is 1. The van der Waals surface area contributed by atoms with Crippen LogP contribution in [0.1, 0.15) is 12.0 Å². The molecule has 1 aliphatic heterocycles. The van der Waals surface area contributed by atoms with Crippen molar-refractivity contribution in [2.45, 2.75) is 6.42 Å². The molecular formula is C21H22N6O. The summed E-state index contributed by atoms with van der Waals surface area (Å²) in [6.07, 6.45) is 1.99. The van der Waals surface area contributed by atoms with Crippen LogP contribution in [0.25, 0.3) is 0 Å². The van der Waals surface area contributed by atoms with Gasteiger partial charge in [0, 0.05) is 44.6 Å². The van der Waals surface area contributed by atoms with Gasteiger partial charge in [0.15, 0.2) is 0 Å². The van der Waals surface area contributed by atoms with Crippen LogP contribution in [-0.4, -0.2) is 55.1 Å². The van der Waals surface area contributed by atoms with Crippen LogP contribution in [0, 0.1) is 22.7 Å². The standard InChI is InChI=1S/C21H22N6O/c22-9-5-11-27(19-7-2-1-3-8-19)20(28)17-25-12-14-26(15-13-25)21-18(16-23)6-4-10-24-21/h1-4,6-8,10H,5,11-15,17H2. The summed E-state index contributed by atoms with van der Waals surface area (Å²) in [5.41, 5.74) is 1.38. The molecule has 7 heteroatoms. The molecule has 0 saturated carbocycles. The van der Waals surface area contributed by atoms with Crippen LogP contribution in [0.3, 0.4) is 0 Å². The Morgan fingerprint density at radius 2 is 1.82 bits per heavy atom. The molecule has 3 rings (SSSR count). The van der Waals surface area contributed by atoms with E-state index in [9.17, 15) is 10.1 Å². The summed E-state index contributed by atoms with van der Waals surface area (Å²) in [5.74, 6) is 0.696. The number of aromatic nitrogens is 1. The van der Waals surface area contributed by atoms with Crippen LogP contribution >= 0.6 is 0 Å². The van der Waals surface area contributed by atoms with Crippen molar-refractivity contribution in [3.63, 3.8) is 0 Å². The molecule has 0 bridgehead atoms. The lowest BCUT2D eigenvalue weighted by Gasteiger charge is -2.36. The van der Waals surface area contributed by atoms with Gasteiger partial charge < -0.3 is 9.80 Å². The van der Waals surface area contributed by atoms with Crippen molar-refractivity contribution < 1.29 is 4.79 Å². The highest BCUT2D eigenvalue weighted by atomic mass is 16.2. The van der Waals surface area contributed by atoms with Gasteiger partial charge in [0.25, 0.3) is 0 Å². The molecular weight excluding hydrogens is 352 g/mol. The van der Waals surface area contributed by atoms with Gasteiger partial charge in [-0.3, -0.25) is 9.69 Å². The molecule has 1 aliphatic rings. The molecule has 0 radical (unpaired) electrons. The van der Waals surface area contributed by atoms with Crippen LogP contribution in [0.5, 0.6) is 0 Å². The fourth-order valence-electron chi connectivity index (χ4n) is 3.30. The van der Waals surface area contributed by atoms with Crippen LogP contribution < -0.4 is 9.80 Å². The summed E-state index contributed by atoms with van der Waals surface area (Å²) < 4.78 is 0. The number of amides is 1. The third-order valence-corrected chi connectivity index (χ3v) is 4.75. The molecule has 1 aromatic heterocycles. The number of rotatable bonds is 6. The zero-order valence-electron chi connectivity index (χ0n) is 15.7. The summed E-state index contributed by atoms with van der Waals surface area (Å²) in [7, 11) is 0. The van der Waals surface area contributed by atoms with Gasteiger partial charge in [0.05, 0.1) is 24.6 Å². The van der Waals surface area contributed by atoms with Crippen molar-refractivity contribution in [2.24, 2.45) is 0 Å². The molecule has 1 saturated heterocycles. The van der Waals surface area contributed by atoms with E-state index in [2.05, 4.69) is 26.9 Å². The number of carbonyl (C=O) groups excluding carboxylic acids is 1. The Labute approximate surface area is 165 Å². The highest BCUT2D eigenvalue weighted by Gasteiger charge is 2.24. The average molecular weight is 374 g/mol. The van der Waals surface area contributed by atoms with Crippen LogP contribution in [0.2, 0.25) is 0 Å². The predicted octanol–water partition coefficient (Wildman–Crippen LogP) is 2.02. The Kier molecular flexibility index (Phi) is 6.56. The SMILES string of the molecule is N#CCCN(C(=O)CN1CCN(c2ncccc2C#N)CC1)c1ccccc1. The van der Waals surface area contributed by atoms with Crippen molar-refractivity contribution in [1.29, 1.82) is 10.5 Å². The summed E-state index contributed by atoms with van der Waals surface area (Å²) in [5, 5.41) is 18.2. The Morgan fingerprint density at radius 3 is 2.50 bits per heavy atom. The fourth-order valence-corrected chi connectivity index (χ4v) is 3.30. The second-order valence-electron chi connectivity index (χ2n) is 6.54. The minimum Gasteiger partial charge on any atom is -0.353 e. The molecule has 28 heavy (non-hydrogen) atoms. The maximum atomic E-state index is 12.9. The van der Waals surface area contributed by atoms with E-state index >= 15 is 0 Å². The minimum absolute atomic E-state index is 0.00884. The average Bonchev–Trinajstić information content (AvgIpc) is 2.75. The molecule has 1 amide bonds. The number of nitriles is 2. The smallest absolute Gasteiger partial charge is 0.241 e. The van der Waals surface area contributed by atoms with E-state index in [0.29, 0.717) is 57.1 Å². The molecule has 1 aromatic carbocycles.